The number of amides is 2. The molecule has 0 spiro atoms. The lowest BCUT2D eigenvalue weighted by atomic mass is 10.2. The highest BCUT2D eigenvalue weighted by Gasteiger charge is 2.01. The van der Waals surface area contributed by atoms with Crippen LogP contribution in [0.5, 0.6) is 0 Å². The Labute approximate surface area is 142 Å². The molecule has 2 N–H and O–H groups in total. The maximum atomic E-state index is 11.8. The van der Waals surface area contributed by atoms with Gasteiger partial charge in [-0.05, 0) is 29.8 Å². The Bertz CT molecular complexity index is 599. The molecule has 5 heteroatoms. The van der Waals surface area contributed by atoms with E-state index in [4.69, 9.17) is 0 Å². The topological polar surface area (TPSA) is 44.4 Å². The lowest BCUT2D eigenvalue weighted by molar-refractivity contribution is 0.241. The number of urea groups is 1. The van der Waals surface area contributed by atoms with Crippen LogP contribution in [-0.2, 0) is 6.54 Å². The van der Waals surface area contributed by atoms with Crippen molar-refractivity contribution in [1.82, 2.24) is 10.6 Å². The minimum atomic E-state index is -0.129. The number of thioether (sulfide) groups is 1. The van der Waals surface area contributed by atoms with Gasteiger partial charge in [-0.25, -0.2) is 4.79 Å². The maximum absolute atomic E-state index is 11.8. The number of hydrogen-bond donors (Lipinski definition) is 2. The maximum Gasteiger partial charge on any atom is 0.315 e. The average molecular weight is 329 g/mol. The molecule has 0 aromatic heterocycles. The van der Waals surface area contributed by atoms with E-state index in [1.807, 2.05) is 61.5 Å². The highest BCUT2D eigenvalue weighted by atomic mass is 32.2. The molecule has 0 heterocycles. The Kier molecular flexibility index (Phi) is 6.81. The number of nitrogens with one attached hydrogen (secondary N) is 2. The summed E-state index contributed by atoms with van der Waals surface area (Å²) < 4.78 is 0. The zero-order valence-corrected chi connectivity index (χ0v) is 14.4. The predicted octanol–water partition coefficient (Wildman–Crippen LogP) is 3.34. The molecule has 23 heavy (non-hydrogen) atoms. The van der Waals surface area contributed by atoms with E-state index in [2.05, 4.69) is 22.8 Å². The molecule has 0 aliphatic rings. The van der Waals surface area contributed by atoms with Gasteiger partial charge in [0.25, 0.3) is 0 Å². The Balaban J connectivity index is 1.63. The largest absolute Gasteiger partial charge is 0.378 e. The first-order chi connectivity index (χ1) is 11.1. The second-order valence-electron chi connectivity index (χ2n) is 5.33. The molecule has 2 rings (SSSR count). The highest BCUT2D eigenvalue weighted by Crippen LogP contribution is 2.15. The van der Waals surface area contributed by atoms with Crippen molar-refractivity contribution in [2.24, 2.45) is 0 Å². The molecule has 0 aliphatic heterocycles. The third-order valence-electron chi connectivity index (χ3n) is 3.31. The SMILES string of the molecule is CN(C)c1ccc(CNC(=O)NCCSc2ccccc2)cc1. The summed E-state index contributed by atoms with van der Waals surface area (Å²) in [5.41, 5.74) is 2.24. The summed E-state index contributed by atoms with van der Waals surface area (Å²) in [7, 11) is 4.02. The summed E-state index contributed by atoms with van der Waals surface area (Å²) in [6, 6.07) is 18.2. The van der Waals surface area contributed by atoms with Gasteiger partial charge in [-0.15, -0.1) is 11.8 Å². The zero-order chi connectivity index (χ0) is 16.5. The third kappa shape index (κ3) is 6.24. The number of hydrogen-bond acceptors (Lipinski definition) is 3. The van der Waals surface area contributed by atoms with Crippen molar-refractivity contribution in [2.45, 2.75) is 11.4 Å². The molecule has 2 aromatic rings. The molecule has 2 amide bonds. The van der Waals surface area contributed by atoms with E-state index < -0.39 is 0 Å². The summed E-state index contributed by atoms with van der Waals surface area (Å²) >= 11 is 1.73. The Hall–Kier alpha value is -2.14. The second-order valence-corrected chi connectivity index (χ2v) is 6.50. The van der Waals surface area contributed by atoms with Crippen LogP contribution in [0.1, 0.15) is 5.56 Å². The Morgan fingerprint density at radius 2 is 1.70 bits per heavy atom. The Morgan fingerprint density at radius 3 is 2.35 bits per heavy atom. The van der Waals surface area contributed by atoms with E-state index in [0.29, 0.717) is 13.1 Å². The van der Waals surface area contributed by atoms with Crippen molar-refractivity contribution < 1.29 is 4.79 Å². The number of carbonyl (C=O) groups is 1. The van der Waals surface area contributed by atoms with E-state index in [0.717, 1.165) is 17.0 Å². The molecule has 0 fully saturated rings. The zero-order valence-electron chi connectivity index (χ0n) is 13.6. The molecule has 0 atom stereocenters. The molecular weight excluding hydrogens is 306 g/mol. The molecule has 0 unspecified atom stereocenters. The minimum absolute atomic E-state index is 0.129. The standard InChI is InChI=1S/C18H23N3OS/c1-21(2)16-10-8-15(9-11-16)14-20-18(22)19-12-13-23-17-6-4-3-5-7-17/h3-11H,12-14H2,1-2H3,(H2,19,20,22). The third-order valence-corrected chi connectivity index (χ3v) is 4.32. The van der Waals surface area contributed by atoms with E-state index in [1.54, 1.807) is 11.8 Å². The summed E-state index contributed by atoms with van der Waals surface area (Å²) in [5, 5.41) is 5.75. The second kappa shape index (κ2) is 9.10. The van der Waals surface area contributed by atoms with Crippen LogP contribution in [0.4, 0.5) is 10.5 Å². The summed E-state index contributed by atoms with van der Waals surface area (Å²) in [6.45, 7) is 1.18. The smallest absolute Gasteiger partial charge is 0.315 e. The summed E-state index contributed by atoms with van der Waals surface area (Å²) in [4.78, 5) is 15.0. The normalized spacial score (nSPS) is 10.2. The molecule has 122 valence electrons. The predicted molar refractivity (Wildman–Crippen MR) is 98.2 cm³/mol. The molecule has 0 radical (unpaired) electrons. The molecule has 0 saturated heterocycles. The van der Waals surface area contributed by atoms with E-state index >= 15 is 0 Å². The van der Waals surface area contributed by atoms with Gasteiger partial charge in [0.05, 0.1) is 0 Å². The van der Waals surface area contributed by atoms with Crippen molar-refractivity contribution in [3.63, 3.8) is 0 Å². The van der Waals surface area contributed by atoms with Crippen molar-refractivity contribution in [1.29, 1.82) is 0 Å². The molecule has 0 aliphatic carbocycles. The van der Waals surface area contributed by atoms with Gasteiger partial charge < -0.3 is 15.5 Å². The van der Waals surface area contributed by atoms with Crippen LogP contribution >= 0.6 is 11.8 Å². The summed E-state index contributed by atoms with van der Waals surface area (Å²) in [6.07, 6.45) is 0. The molecule has 4 nitrogen and oxygen atoms in total. The fourth-order valence-electron chi connectivity index (χ4n) is 2.01. The summed E-state index contributed by atoms with van der Waals surface area (Å²) in [5.74, 6) is 0.856. The molecule has 2 aromatic carbocycles. The van der Waals surface area contributed by atoms with Crippen molar-refractivity contribution >= 4 is 23.5 Å². The van der Waals surface area contributed by atoms with Gasteiger partial charge in [0.2, 0.25) is 0 Å². The molecule has 0 bridgehead atoms. The fourth-order valence-corrected chi connectivity index (χ4v) is 2.80. The van der Waals surface area contributed by atoms with Gasteiger partial charge in [0.1, 0.15) is 0 Å². The Morgan fingerprint density at radius 1 is 1.00 bits per heavy atom. The fraction of sp³-hybridized carbons (Fsp3) is 0.278. The van der Waals surface area contributed by atoms with Gasteiger partial charge in [0, 0.05) is 43.5 Å². The average Bonchev–Trinajstić information content (AvgIpc) is 2.58. The van der Waals surface area contributed by atoms with Gasteiger partial charge in [-0.3, -0.25) is 0 Å². The van der Waals surface area contributed by atoms with Crippen molar-refractivity contribution in [2.75, 3.05) is 31.3 Å². The quantitative estimate of drug-likeness (QED) is 0.605. The van der Waals surface area contributed by atoms with Gasteiger partial charge in [-0.2, -0.15) is 0 Å². The number of benzene rings is 2. The van der Waals surface area contributed by atoms with Crippen LogP contribution in [-0.4, -0.2) is 32.4 Å². The monoisotopic (exact) mass is 329 g/mol. The number of nitrogens with zero attached hydrogens (tertiary/aromatic N) is 1. The molecule has 0 saturated carbocycles. The van der Waals surface area contributed by atoms with Gasteiger partial charge >= 0.3 is 6.03 Å². The van der Waals surface area contributed by atoms with Crippen molar-refractivity contribution in [3.8, 4) is 0 Å². The first-order valence-electron chi connectivity index (χ1n) is 7.61. The first-order valence-corrected chi connectivity index (χ1v) is 8.59. The van der Waals surface area contributed by atoms with Crippen LogP contribution in [0.15, 0.2) is 59.5 Å². The molecular formula is C18H23N3OS. The first kappa shape index (κ1) is 17.2. The van der Waals surface area contributed by atoms with Crippen molar-refractivity contribution in [3.05, 3.63) is 60.2 Å². The minimum Gasteiger partial charge on any atom is -0.378 e. The highest BCUT2D eigenvalue weighted by molar-refractivity contribution is 7.99. The van der Waals surface area contributed by atoms with E-state index in [1.165, 1.54) is 4.90 Å². The lowest BCUT2D eigenvalue weighted by Crippen LogP contribution is -2.36. The van der Waals surface area contributed by atoms with Gasteiger partial charge in [-0.1, -0.05) is 30.3 Å². The van der Waals surface area contributed by atoms with Crippen LogP contribution in [0.3, 0.4) is 0 Å². The van der Waals surface area contributed by atoms with E-state index in [-0.39, 0.29) is 6.03 Å². The van der Waals surface area contributed by atoms with Crippen LogP contribution < -0.4 is 15.5 Å². The van der Waals surface area contributed by atoms with Crippen LogP contribution in [0, 0.1) is 0 Å². The van der Waals surface area contributed by atoms with E-state index in [9.17, 15) is 4.79 Å². The number of rotatable bonds is 7. The number of anilines is 1. The number of carbonyl (C=O) groups excluding carboxylic acids is 1. The van der Waals surface area contributed by atoms with Crippen LogP contribution in [0.2, 0.25) is 0 Å². The van der Waals surface area contributed by atoms with Crippen LogP contribution in [0.25, 0.3) is 0 Å². The van der Waals surface area contributed by atoms with Gasteiger partial charge in [0.15, 0.2) is 0 Å². The lowest BCUT2D eigenvalue weighted by Gasteiger charge is -2.13.